The number of pyridine rings is 1. The second-order valence-corrected chi connectivity index (χ2v) is 4.94. The van der Waals surface area contributed by atoms with Gasteiger partial charge in [0.2, 0.25) is 0 Å². The van der Waals surface area contributed by atoms with E-state index in [2.05, 4.69) is 37.6 Å². The number of rotatable bonds is 3. The maximum Gasteiger partial charge on any atom is 0.140 e. The van der Waals surface area contributed by atoms with Crippen molar-refractivity contribution in [2.75, 3.05) is 25.0 Å². The van der Waals surface area contributed by atoms with Crippen molar-refractivity contribution in [3.63, 3.8) is 0 Å². The van der Waals surface area contributed by atoms with Crippen LogP contribution in [0.15, 0.2) is 28.4 Å². The van der Waals surface area contributed by atoms with Crippen molar-refractivity contribution in [3.8, 4) is 0 Å². The van der Waals surface area contributed by atoms with Crippen molar-refractivity contribution >= 4 is 33.3 Å². The van der Waals surface area contributed by atoms with Crippen LogP contribution >= 0.6 is 27.5 Å². The molecule has 0 atom stereocenters. The number of aromatic nitrogens is 1. The Kier molecular flexibility index (Phi) is 4.21. The molecule has 0 spiro atoms. The van der Waals surface area contributed by atoms with Gasteiger partial charge in [-0.1, -0.05) is 23.3 Å². The van der Waals surface area contributed by atoms with Crippen LogP contribution in [0, 0.1) is 0 Å². The molecule has 0 bridgehead atoms. The van der Waals surface area contributed by atoms with Crippen LogP contribution in [0.25, 0.3) is 0 Å². The summed E-state index contributed by atoms with van der Waals surface area (Å²) in [4.78, 5) is 4.23. The number of nitrogens with one attached hydrogen (secondary N) is 2. The quantitative estimate of drug-likeness (QED) is 0.843. The summed E-state index contributed by atoms with van der Waals surface area (Å²) in [6.07, 6.45) is 4.96. The van der Waals surface area contributed by atoms with Gasteiger partial charge in [0.15, 0.2) is 0 Å². The van der Waals surface area contributed by atoms with Crippen LogP contribution in [0.3, 0.4) is 0 Å². The number of hydrogen-bond donors (Lipinski definition) is 2. The zero-order chi connectivity index (χ0) is 11.4. The highest BCUT2D eigenvalue weighted by Gasteiger charge is 2.05. The van der Waals surface area contributed by atoms with Gasteiger partial charge in [-0.05, 0) is 35.0 Å². The van der Waals surface area contributed by atoms with Crippen molar-refractivity contribution in [3.05, 3.63) is 33.4 Å². The zero-order valence-corrected chi connectivity index (χ0v) is 11.1. The van der Waals surface area contributed by atoms with E-state index < -0.39 is 0 Å². The van der Waals surface area contributed by atoms with E-state index in [-0.39, 0.29) is 0 Å². The van der Waals surface area contributed by atoms with Crippen LogP contribution in [0.4, 0.5) is 5.82 Å². The minimum absolute atomic E-state index is 0.638. The molecule has 0 radical (unpaired) electrons. The largest absolute Gasteiger partial charge is 0.365 e. The van der Waals surface area contributed by atoms with Gasteiger partial charge in [0.1, 0.15) is 5.82 Å². The lowest BCUT2D eigenvalue weighted by molar-refractivity contribution is 0.697. The first-order chi connectivity index (χ1) is 7.75. The number of hydrogen-bond acceptors (Lipinski definition) is 3. The molecule has 0 aliphatic carbocycles. The third-order valence-corrected chi connectivity index (χ3v) is 3.26. The molecule has 0 saturated heterocycles. The van der Waals surface area contributed by atoms with E-state index in [1.54, 1.807) is 6.20 Å². The molecule has 0 fully saturated rings. The lowest BCUT2D eigenvalue weighted by atomic mass is 10.1. The van der Waals surface area contributed by atoms with E-state index in [0.29, 0.717) is 5.02 Å². The van der Waals surface area contributed by atoms with Crippen LogP contribution in [-0.2, 0) is 0 Å². The van der Waals surface area contributed by atoms with Crippen LogP contribution < -0.4 is 10.6 Å². The normalized spacial score (nSPS) is 15.8. The van der Waals surface area contributed by atoms with Crippen LogP contribution in [-0.4, -0.2) is 24.6 Å². The van der Waals surface area contributed by atoms with Gasteiger partial charge in [0.05, 0.1) is 9.50 Å². The summed E-state index contributed by atoms with van der Waals surface area (Å²) in [5, 5.41) is 7.22. The van der Waals surface area contributed by atoms with E-state index in [0.717, 1.165) is 36.3 Å². The third-order valence-electron chi connectivity index (χ3n) is 2.45. The molecular formula is C11H13BrClN3. The summed E-state index contributed by atoms with van der Waals surface area (Å²) < 4.78 is 0.898. The Balaban J connectivity index is 1.96. The number of anilines is 1. The standard InChI is InChI=1S/C11H13BrClN3/c12-10-5-9(13)7-16-11(10)15-6-8-1-3-14-4-2-8/h1,5,7,14H,2-4,6H2,(H,15,16). The highest BCUT2D eigenvalue weighted by molar-refractivity contribution is 9.10. The molecule has 0 amide bonds. The molecule has 86 valence electrons. The molecule has 2 N–H and O–H groups in total. The first-order valence-corrected chi connectivity index (χ1v) is 6.36. The van der Waals surface area contributed by atoms with Crippen LogP contribution in [0.2, 0.25) is 5.02 Å². The Hall–Kier alpha value is -0.580. The molecule has 16 heavy (non-hydrogen) atoms. The molecule has 2 heterocycles. The molecule has 0 saturated carbocycles. The molecule has 2 rings (SSSR count). The number of nitrogens with zero attached hydrogens (tertiary/aromatic N) is 1. The predicted molar refractivity (Wildman–Crippen MR) is 71.0 cm³/mol. The van der Waals surface area contributed by atoms with Crippen molar-refractivity contribution in [1.29, 1.82) is 0 Å². The average molecular weight is 303 g/mol. The van der Waals surface area contributed by atoms with Crippen molar-refractivity contribution < 1.29 is 0 Å². The lowest BCUT2D eigenvalue weighted by Crippen LogP contribution is -2.23. The molecule has 5 heteroatoms. The summed E-state index contributed by atoms with van der Waals surface area (Å²) in [7, 11) is 0. The van der Waals surface area contributed by atoms with Gasteiger partial charge in [-0.2, -0.15) is 0 Å². The van der Waals surface area contributed by atoms with Crippen LogP contribution in [0.1, 0.15) is 6.42 Å². The highest BCUT2D eigenvalue weighted by Crippen LogP contribution is 2.23. The zero-order valence-electron chi connectivity index (χ0n) is 8.76. The molecule has 1 aromatic heterocycles. The van der Waals surface area contributed by atoms with E-state index in [9.17, 15) is 0 Å². The Bertz CT molecular complexity index is 406. The Morgan fingerprint density at radius 3 is 3.12 bits per heavy atom. The molecular weight excluding hydrogens is 289 g/mol. The highest BCUT2D eigenvalue weighted by atomic mass is 79.9. The smallest absolute Gasteiger partial charge is 0.140 e. The third kappa shape index (κ3) is 3.20. The summed E-state index contributed by atoms with van der Waals surface area (Å²) in [6.45, 7) is 2.86. The summed E-state index contributed by atoms with van der Waals surface area (Å²) in [5.74, 6) is 0.837. The van der Waals surface area contributed by atoms with Gasteiger partial charge in [-0.15, -0.1) is 0 Å². The predicted octanol–water partition coefficient (Wildman–Crippen LogP) is 2.83. The summed E-state index contributed by atoms with van der Waals surface area (Å²) in [6, 6.07) is 1.84. The first-order valence-electron chi connectivity index (χ1n) is 5.19. The Morgan fingerprint density at radius 2 is 2.44 bits per heavy atom. The van der Waals surface area contributed by atoms with Crippen molar-refractivity contribution in [2.45, 2.75) is 6.42 Å². The average Bonchev–Trinajstić information content (AvgIpc) is 2.29. The van der Waals surface area contributed by atoms with E-state index in [1.165, 1.54) is 5.57 Å². The fourth-order valence-electron chi connectivity index (χ4n) is 1.57. The van der Waals surface area contributed by atoms with Gasteiger partial charge in [-0.25, -0.2) is 4.98 Å². The number of halogens is 2. The van der Waals surface area contributed by atoms with Gasteiger partial charge >= 0.3 is 0 Å². The molecule has 1 aliphatic rings. The molecule has 1 aliphatic heterocycles. The molecule has 3 nitrogen and oxygen atoms in total. The molecule has 1 aromatic rings. The van der Waals surface area contributed by atoms with Crippen LogP contribution in [0.5, 0.6) is 0 Å². The molecule has 0 aromatic carbocycles. The topological polar surface area (TPSA) is 37.0 Å². The molecule has 0 unspecified atom stereocenters. The lowest BCUT2D eigenvalue weighted by Gasteiger charge is -2.15. The van der Waals surface area contributed by atoms with Gasteiger partial charge < -0.3 is 10.6 Å². The van der Waals surface area contributed by atoms with Crippen molar-refractivity contribution in [1.82, 2.24) is 10.3 Å². The van der Waals surface area contributed by atoms with Gasteiger partial charge in [-0.3, -0.25) is 0 Å². The van der Waals surface area contributed by atoms with E-state index >= 15 is 0 Å². The minimum atomic E-state index is 0.638. The fourth-order valence-corrected chi connectivity index (χ4v) is 2.35. The second kappa shape index (κ2) is 5.66. The summed E-state index contributed by atoms with van der Waals surface area (Å²) >= 11 is 9.26. The Morgan fingerprint density at radius 1 is 1.56 bits per heavy atom. The van der Waals surface area contributed by atoms with Gasteiger partial charge in [0, 0.05) is 19.3 Å². The first kappa shape index (κ1) is 11.9. The SMILES string of the molecule is Clc1cnc(NCC2=CCNCC2)c(Br)c1. The van der Waals surface area contributed by atoms with Crippen molar-refractivity contribution in [2.24, 2.45) is 0 Å². The second-order valence-electron chi connectivity index (χ2n) is 3.65. The fraction of sp³-hybridized carbons (Fsp3) is 0.364. The Labute approximate surface area is 108 Å². The van der Waals surface area contributed by atoms with Gasteiger partial charge in [0.25, 0.3) is 0 Å². The monoisotopic (exact) mass is 301 g/mol. The maximum absolute atomic E-state index is 5.83. The van der Waals surface area contributed by atoms with E-state index in [4.69, 9.17) is 11.6 Å². The van der Waals surface area contributed by atoms with E-state index in [1.807, 2.05) is 6.07 Å². The maximum atomic E-state index is 5.83. The minimum Gasteiger partial charge on any atom is -0.365 e. The summed E-state index contributed by atoms with van der Waals surface area (Å²) in [5.41, 5.74) is 1.42.